The van der Waals surface area contributed by atoms with E-state index in [1.807, 2.05) is 6.07 Å². The highest BCUT2D eigenvalue weighted by Crippen LogP contribution is 2.30. The van der Waals surface area contributed by atoms with E-state index in [4.69, 9.17) is 4.74 Å². The Kier molecular flexibility index (Phi) is 4.24. The molecule has 2 rings (SSSR count). The first-order chi connectivity index (χ1) is 9.08. The van der Waals surface area contributed by atoms with Gasteiger partial charge < -0.3 is 10.1 Å². The number of ether oxygens (including phenoxy) is 1. The van der Waals surface area contributed by atoms with Crippen molar-refractivity contribution < 1.29 is 9.66 Å². The van der Waals surface area contributed by atoms with Gasteiger partial charge in [-0.15, -0.1) is 0 Å². The van der Waals surface area contributed by atoms with Crippen molar-refractivity contribution in [2.45, 2.75) is 38.6 Å². The maximum Gasteiger partial charge on any atom is 0.275 e. The highest BCUT2D eigenvalue weighted by molar-refractivity contribution is 5.56. The van der Waals surface area contributed by atoms with Crippen LogP contribution in [0.15, 0.2) is 18.2 Å². The zero-order chi connectivity index (χ0) is 13.8. The molecule has 5 nitrogen and oxygen atoms in total. The van der Waals surface area contributed by atoms with Crippen molar-refractivity contribution in [3.63, 3.8) is 0 Å². The summed E-state index contributed by atoms with van der Waals surface area (Å²) in [5.41, 5.74) is 0.829. The van der Waals surface area contributed by atoms with Crippen LogP contribution in [0.2, 0.25) is 0 Å². The molecule has 19 heavy (non-hydrogen) atoms. The van der Waals surface area contributed by atoms with Crippen LogP contribution in [0.1, 0.15) is 32.6 Å². The normalized spacial score (nSPS) is 22.8. The zero-order valence-corrected chi connectivity index (χ0v) is 11.4. The third-order valence-corrected chi connectivity index (χ3v) is 3.64. The molecule has 1 aliphatic carbocycles. The fourth-order valence-electron chi connectivity index (χ4n) is 2.69. The van der Waals surface area contributed by atoms with Gasteiger partial charge in [0.25, 0.3) is 5.69 Å². The maximum absolute atomic E-state index is 10.9. The van der Waals surface area contributed by atoms with Gasteiger partial charge in [0.05, 0.1) is 18.1 Å². The average Bonchev–Trinajstić information content (AvgIpc) is 2.38. The highest BCUT2D eigenvalue weighted by atomic mass is 16.6. The van der Waals surface area contributed by atoms with Gasteiger partial charge in [0.1, 0.15) is 5.75 Å². The van der Waals surface area contributed by atoms with Crippen LogP contribution in [-0.4, -0.2) is 18.1 Å². The number of nitrogens with zero attached hydrogens (tertiary/aromatic N) is 1. The minimum Gasteiger partial charge on any atom is -0.496 e. The zero-order valence-electron chi connectivity index (χ0n) is 11.4. The Balaban J connectivity index is 2.14. The van der Waals surface area contributed by atoms with E-state index >= 15 is 0 Å². The third-order valence-electron chi connectivity index (χ3n) is 3.64. The van der Waals surface area contributed by atoms with Crippen LogP contribution in [0.3, 0.4) is 0 Å². The van der Waals surface area contributed by atoms with Gasteiger partial charge >= 0.3 is 0 Å². The lowest BCUT2D eigenvalue weighted by Gasteiger charge is -2.28. The smallest absolute Gasteiger partial charge is 0.275 e. The Bertz CT molecular complexity index is 462. The maximum atomic E-state index is 10.9. The average molecular weight is 264 g/mol. The van der Waals surface area contributed by atoms with E-state index in [2.05, 4.69) is 12.2 Å². The number of nitro benzene ring substituents is 1. The second-order valence-electron chi connectivity index (χ2n) is 5.29. The fraction of sp³-hybridized carbons (Fsp3) is 0.571. The lowest BCUT2D eigenvalue weighted by atomic mass is 9.87. The molecule has 1 aromatic carbocycles. The first kappa shape index (κ1) is 13.6. The van der Waals surface area contributed by atoms with Gasteiger partial charge in [0, 0.05) is 23.9 Å². The predicted octanol–water partition coefficient (Wildman–Crippen LogP) is 3.59. The molecule has 1 aliphatic rings. The number of methoxy groups -OCH3 is 1. The lowest BCUT2D eigenvalue weighted by molar-refractivity contribution is -0.384. The minimum absolute atomic E-state index is 0.0608. The van der Waals surface area contributed by atoms with E-state index in [1.54, 1.807) is 6.07 Å². The first-order valence-corrected chi connectivity index (χ1v) is 6.68. The van der Waals surface area contributed by atoms with Crippen LogP contribution in [0.25, 0.3) is 0 Å². The van der Waals surface area contributed by atoms with Crippen molar-refractivity contribution in [2.24, 2.45) is 5.92 Å². The minimum atomic E-state index is -0.392. The Morgan fingerprint density at radius 1 is 1.37 bits per heavy atom. The van der Waals surface area contributed by atoms with Crippen molar-refractivity contribution in [3.05, 3.63) is 28.3 Å². The number of non-ortho nitro benzene ring substituents is 1. The SMILES string of the molecule is COc1cc(NC2CCCC(C)C2)cc([N+](=O)[O-])c1. The number of rotatable bonds is 4. The quantitative estimate of drug-likeness (QED) is 0.666. The summed E-state index contributed by atoms with van der Waals surface area (Å²) >= 11 is 0. The van der Waals surface area contributed by atoms with E-state index in [0.29, 0.717) is 17.7 Å². The molecule has 2 atom stereocenters. The molecule has 5 heteroatoms. The Labute approximate surface area is 113 Å². The van der Waals surface area contributed by atoms with Gasteiger partial charge in [-0.2, -0.15) is 0 Å². The molecule has 0 radical (unpaired) electrons. The number of benzene rings is 1. The molecule has 2 unspecified atom stereocenters. The summed E-state index contributed by atoms with van der Waals surface area (Å²) in [6, 6.07) is 5.22. The van der Waals surface area contributed by atoms with Crippen molar-refractivity contribution in [2.75, 3.05) is 12.4 Å². The molecule has 104 valence electrons. The highest BCUT2D eigenvalue weighted by Gasteiger charge is 2.19. The Hall–Kier alpha value is -1.78. The molecular weight excluding hydrogens is 244 g/mol. The van der Waals surface area contributed by atoms with Crippen LogP contribution in [0.4, 0.5) is 11.4 Å². The summed E-state index contributed by atoms with van der Waals surface area (Å²) in [6.07, 6.45) is 4.72. The van der Waals surface area contributed by atoms with Gasteiger partial charge in [0.2, 0.25) is 0 Å². The molecule has 1 saturated carbocycles. The van der Waals surface area contributed by atoms with E-state index in [-0.39, 0.29) is 5.69 Å². The molecule has 1 fully saturated rings. The van der Waals surface area contributed by atoms with E-state index in [0.717, 1.165) is 18.5 Å². The lowest BCUT2D eigenvalue weighted by Crippen LogP contribution is -2.26. The van der Waals surface area contributed by atoms with Crippen LogP contribution < -0.4 is 10.1 Å². The van der Waals surface area contributed by atoms with Crippen molar-refractivity contribution >= 4 is 11.4 Å². The number of nitrogens with one attached hydrogen (secondary N) is 1. The van der Waals surface area contributed by atoms with E-state index in [1.165, 1.54) is 26.0 Å². The van der Waals surface area contributed by atoms with Crippen molar-refractivity contribution in [1.29, 1.82) is 0 Å². The fourth-order valence-corrected chi connectivity index (χ4v) is 2.69. The molecule has 1 aromatic rings. The number of anilines is 1. The Morgan fingerprint density at radius 3 is 2.79 bits per heavy atom. The number of nitro groups is 1. The van der Waals surface area contributed by atoms with Gasteiger partial charge in [-0.05, 0) is 18.8 Å². The second kappa shape index (κ2) is 5.91. The van der Waals surface area contributed by atoms with Crippen molar-refractivity contribution in [1.82, 2.24) is 0 Å². The van der Waals surface area contributed by atoms with Crippen LogP contribution in [-0.2, 0) is 0 Å². The molecule has 0 heterocycles. The summed E-state index contributed by atoms with van der Waals surface area (Å²) in [5.74, 6) is 1.23. The molecule has 0 saturated heterocycles. The first-order valence-electron chi connectivity index (χ1n) is 6.68. The monoisotopic (exact) mass is 264 g/mol. The van der Waals surface area contributed by atoms with Crippen LogP contribution >= 0.6 is 0 Å². The molecule has 0 aromatic heterocycles. The van der Waals surface area contributed by atoms with Gasteiger partial charge in [0.15, 0.2) is 0 Å². The largest absolute Gasteiger partial charge is 0.496 e. The number of hydrogen-bond acceptors (Lipinski definition) is 4. The van der Waals surface area contributed by atoms with Gasteiger partial charge in [-0.25, -0.2) is 0 Å². The second-order valence-corrected chi connectivity index (χ2v) is 5.29. The van der Waals surface area contributed by atoms with Crippen LogP contribution in [0.5, 0.6) is 5.75 Å². The summed E-state index contributed by atoms with van der Waals surface area (Å²) < 4.78 is 5.11. The molecular formula is C14H20N2O3. The Morgan fingerprint density at radius 2 is 2.16 bits per heavy atom. The third kappa shape index (κ3) is 3.59. The van der Waals surface area contributed by atoms with E-state index in [9.17, 15) is 10.1 Å². The topological polar surface area (TPSA) is 64.4 Å². The number of hydrogen-bond donors (Lipinski definition) is 1. The molecule has 0 amide bonds. The molecule has 1 N–H and O–H groups in total. The summed E-state index contributed by atoms with van der Waals surface area (Å²) in [6.45, 7) is 2.25. The standard InChI is InChI=1S/C14H20N2O3/c1-10-4-3-5-11(6-10)15-12-7-13(16(17)18)9-14(8-12)19-2/h7-11,15H,3-6H2,1-2H3. The molecule has 0 aliphatic heterocycles. The summed E-state index contributed by atoms with van der Waals surface area (Å²) in [5, 5.41) is 14.3. The summed E-state index contributed by atoms with van der Waals surface area (Å²) in [7, 11) is 1.52. The van der Waals surface area contributed by atoms with Crippen molar-refractivity contribution in [3.8, 4) is 5.75 Å². The van der Waals surface area contributed by atoms with Crippen LogP contribution in [0, 0.1) is 16.0 Å². The van der Waals surface area contributed by atoms with Gasteiger partial charge in [-0.1, -0.05) is 19.8 Å². The summed E-state index contributed by atoms with van der Waals surface area (Å²) in [4.78, 5) is 10.5. The van der Waals surface area contributed by atoms with Gasteiger partial charge in [-0.3, -0.25) is 10.1 Å². The predicted molar refractivity (Wildman–Crippen MR) is 74.7 cm³/mol. The molecule has 0 bridgehead atoms. The molecule has 0 spiro atoms. The van der Waals surface area contributed by atoms with E-state index < -0.39 is 4.92 Å².